The van der Waals surface area contributed by atoms with Gasteiger partial charge < -0.3 is 0 Å². The summed E-state index contributed by atoms with van der Waals surface area (Å²) in [6.45, 7) is 0. The van der Waals surface area contributed by atoms with Crippen LogP contribution < -0.4 is 5.32 Å². The molecule has 0 aromatic heterocycles. The molecule has 1 aromatic rings. The molecule has 1 aliphatic rings. The van der Waals surface area contributed by atoms with E-state index in [4.69, 9.17) is 0 Å². The summed E-state index contributed by atoms with van der Waals surface area (Å²) in [5.41, 5.74) is -0.362. The SMILES string of the molecule is Fc1c(Br)cccc1C(NC1CC1)C(F)(F)F. The second-order valence-corrected chi connectivity index (χ2v) is 4.91. The number of hydrogen-bond acceptors (Lipinski definition) is 1. The van der Waals surface area contributed by atoms with Gasteiger partial charge in [-0.3, -0.25) is 5.32 Å². The van der Waals surface area contributed by atoms with E-state index in [1.807, 2.05) is 0 Å². The number of hydrogen-bond donors (Lipinski definition) is 1. The fraction of sp³-hybridized carbons (Fsp3) is 0.455. The van der Waals surface area contributed by atoms with E-state index in [0.717, 1.165) is 6.07 Å². The first kappa shape index (κ1) is 12.8. The summed E-state index contributed by atoms with van der Waals surface area (Å²) in [5.74, 6) is -0.858. The zero-order valence-electron chi connectivity index (χ0n) is 8.69. The zero-order valence-corrected chi connectivity index (χ0v) is 10.3. The van der Waals surface area contributed by atoms with Crippen LogP contribution in [-0.2, 0) is 0 Å². The molecule has 1 fully saturated rings. The van der Waals surface area contributed by atoms with E-state index in [-0.39, 0.29) is 16.1 Å². The highest BCUT2D eigenvalue weighted by molar-refractivity contribution is 9.10. The third-order valence-electron chi connectivity index (χ3n) is 2.60. The highest BCUT2D eigenvalue weighted by Gasteiger charge is 2.44. The number of benzene rings is 1. The summed E-state index contributed by atoms with van der Waals surface area (Å²) in [6.07, 6.45) is -3.07. The van der Waals surface area contributed by atoms with E-state index in [1.165, 1.54) is 12.1 Å². The lowest BCUT2D eigenvalue weighted by atomic mass is 10.1. The Morgan fingerprint density at radius 2 is 1.94 bits per heavy atom. The van der Waals surface area contributed by atoms with Crippen LogP contribution in [0.15, 0.2) is 22.7 Å². The quantitative estimate of drug-likeness (QED) is 0.834. The van der Waals surface area contributed by atoms with Crippen molar-refractivity contribution in [1.29, 1.82) is 0 Å². The lowest BCUT2D eigenvalue weighted by Crippen LogP contribution is -2.36. The van der Waals surface area contributed by atoms with Crippen LogP contribution in [0.2, 0.25) is 0 Å². The van der Waals surface area contributed by atoms with Crippen molar-refractivity contribution in [2.75, 3.05) is 0 Å². The van der Waals surface area contributed by atoms with Gasteiger partial charge in [-0.15, -0.1) is 0 Å². The third-order valence-corrected chi connectivity index (χ3v) is 3.21. The third kappa shape index (κ3) is 2.98. The molecular formula is C11H10BrF4N. The molecule has 0 bridgehead atoms. The van der Waals surface area contributed by atoms with E-state index >= 15 is 0 Å². The van der Waals surface area contributed by atoms with Gasteiger partial charge in [-0.1, -0.05) is 12.1 Å². The molecule has 17 heavy (non-hydrogen) atoms. The zero-order chi connectivity index (χ0) is 12.6. The second-order valence-electron chi connectivity index (χ2n) is 4.06. The van der Waals surface area contributed by atoms with Crippen LogP contribution in [0.4, 0.5) is 17.6 Å². The molecule has 94 valence electrons. The normalized spacial score (nSPS) is 18.2. The Labute approximate surface area is 104 Å². The lowest BCUT2D eigenvalue weighted by Gasteiger charge is -2.22. The van der Waals surface area contributed by atoms with Crippen LogP contribution in [0.3, 0.4) is 0 Å². The van der Waals surface area contributed by atoms with Gasteiger partial charge in [0.15, 0.2) is 0 Å². The van der Waals surface area contributed by atoms with Crippen LogP contribution in [0, 0.1) is 5.82 Å². The standard InChI is InChI=1S/C11H10BrF4N/c12-8-3-1-2-7(9(8)13)10(11(14,15)16)17-6-4-5-6/h1-3,6,10,17H,4-5H2. The van der Waals surface area contributed by atoms with Gasteiger partial charge in [-0.25, -0.2) is 4.39 Å². The van der Waals surface area contributed by atoms with Gasteiger partial charge in [0.25, 0.3) is 0 Å². The van der Waals surface area contributed by atoms with Crippen molar-refractivity contribution >= 4 is 15.9 Å². The fourth-order valence-electron chi connectivity index (χ4n) is 1.59. The molecule has 1 N–H and O–H groups in total. The van der Waals surface area contributed by atoms with E-state index in [0.29, 0.717) is 12.8 Å². The van der Waals surface area contributed by atoms with Crippen molar-refractivity contribution in [2.45, 2.75) is 31.1 Å². The van der Waals surface area contributed by atoms with Gasteiger partial charge in [-0.2, -0.15) is 13.2 Å². The van der Waals surface area contributed by atoms with Crippen LogP contribution in [0.25, 0.3) is 0 Å². The average Bonchev–Trinajstić information content (AvgIpc) is 3.01. The van der Waals surface area contributed by atoms with Crippen molar-refractivity contribution in [1.82, 2.24) is 5.32 Å². The smallest absolute Gasteiger partial charge is 0.300 e. The molecule has 0 saturated heterocycles. The molecule has 1 aromatic carbocycles. The van der Waals surface area contributed by atoms with E-state index in [9.17, 15) is 17.6 Å². The Morgan fingerprint density at radius 3 is 2.47 bits per heavy atom. The van der Waals surface area contributed by atoms with Crippen LogP contribution >= 0.6 is 15.9 Å². The summed E-state index contributed by atoms with van der Waals surface area (Å²) < 4.78 is 52.3. The van der Waals surface area contributed by atoms with E-state index < -0.39 is 18.0 Å². The number of halogens is 5. The average molecular weight is 312 g/mol. The first-order valence-corrected chi connectivity index (χ1v) is 5.95. The molecule has 1 saturated carbocycles. The minimum Gasteiger partial charge on any atom is -0.300 e. The minimum atomic E-state index is -4.50. The van der Waals surface area contributed by atoms with Crippen molar-refractivity contribution in [2.24, 2.45) is 0 Å². The molecule has 0 heterocycles. The van der Waals surface area contributed by atoms with Gasteiger partial charge in [0.2, 0.25) is 0 Å². The Balaban J connectivity index is 2.33. The molecule has 1 aliphatic carbocycles. The lowest BCUT2D eigenvalue weighted by molar-refractivity contribution is -0.158. The first-order valence-electron chi connectivity index (χ1n) is 5.16. The minimum absolute atomic E-state index is 0.0434. The van der Waals surface area contributed by atoms with Crippen molar-refractivity contribution < 1.29 is 17.6 Å². The predicted molar refractivity (Wildman–Crippen MR) is 59.1 cm³/mol. The Hall–Kier alpha value is -0.620. The highest BCUT2D eigenvalue weighted by atomic mass is 79.9. The molecule has 1 atom stereocenters. The van der Waals surface area contributed by atoms with Crippen molar-refractivity contribution in [3.05, 3.63) is 34.1 Å². The van der Waals surface area contributed by atoms with Gasteiger partial charge in [-0.05, 0) is 34.8 Å². The summed E-state index contributed by atoms with van der Waals surface area (Å²) >= 11 is 2.89. The van der Waals surface area contributed by atoms with Gasteiger partial charge in [0.05, 0.1) is 4.47 Å². The largest absolute Gasteiger partial charge is 0.408 e. The van der Waals surface area contributed by atoms with Crippen molar-refractivity contribution in [3.63, 3.8) is 0 Å². The van der Waals surface area contributed by atoms with Gasteiger partial charge in [0, 0.05) is 11.6 Å². The molecule has 0 aliphatic heterocycles. The molecular weight excluding hydrogens is 302 g/mol. The van der Waals surface area contributed by atoms with Crippen molar-refractivity contribution in [3.8, 4) is 0 Å². The molecule has 2 rings (SSSR count). The summed E-state index contributed by atoms with van der Waals surface area (Å²) in [7, 11) is 0. The van der Waals surface area contributed by atoms with Crippen LogP contribution in [0.1, 0.15) is 24.4 Å². The van der Waals surface area contributed by atoms with E-state index in [1.54, 1.807) is 0 Å². The molecule has 0 radical (unpaired) electrons. The Bertz CT molecular complexity index is 414. The summed E-state index contributed by atoms with van der Waals surface area (Å²) in [5, 5.41) is 2.43. The Morgan fingerprint density at radius 1 is 1.29 bits per heavy atom. The molecule has 0 spiro atoms. The maximum absolute atomic E-state index is 13.7. The molecule has 6 heteroatoms. The predicted octanol–water partition coefficient (Wildman–Crippen LogP) is 3.94. The molecule has 1 nitrogen and oxygen atoms in total. The highest BCUT2D eigenvalue weighted by Crippen LogP contribution is 2.38. The molecule has 1 unspecified atom stereocenters. The number of nitrogens with one attached hydrogen (secondary N) is 1. The first-order chi connectivity index (χ1) is 7.89. The maximum Gasteiger partial charge on any atom is 0.408 e. The van der Waals surface area contributed by atoms with Crippen LogP contribution in [0.5, 0.6) is 0 Å². The number of rotatable bonds is 3. The molecule has 0 amide bonds. The second kappa shape index (κ2) is 4.57. The van der Waals surface area contributed by atoms with Crippen LogP contribution in [-0.4, -0.2) is 12.2 Å². The summed E-state index contributed by atoms with van der Waals surface area (Å²) in [4.78, 5) is 0. The maximum atomic E-state index is 13.7. The van der Waals surface area contributed by atoms with E-state index in [2.05, 4.69) is 21.2 Å². The monoisotopic (exact) mass is 311 g/mol. The number of alkyl halides is 3. The Kier molecular flexibility index (Phi) is 3.45. The summed E-state index contributed by atoms with van der Waals surface area (Å²) in [6, 6.07) is 1.85. The fourth-order valence-corrected chi connectivity index (χ4v) is 1.97. The van der Waals surface area contributed by atoms with Gasteiger partial charge >= 0.3 is 6.18 Å². The van der Waals surface area contributed by atoms with Gasteiger partial charge in [0.1, 0.15) is 11.9 Å². The topological polar surface area (TPSA) is 12.0 Å².